The molecule has 0 aromatic carbocycles. The van der Waals surface area contributed by atoms with E-state index in [2.05, 4.69) is 33.1 Å². The molecule has 0 aliphatic rings. The zero-order valence-electron chi connectivity index (χ0n) is 9.09. The fraction of sp³-hybridized carbons (Fsp3) is 0.889. The summed E-state index contributed by atoms with van der Waals surface area (Å²) in [5.41, 5.74) is 0. The standard InChI is InChI=1S/C9H21N2.2ClH/c1-5-7-10-8-6-9-11(2,3)4;;/h7H,5-6,8-9H2,1-4H3;2*1H/q+1;;/p-1. The van der Waals surface area contributed by atoms with Crippen LogP contribution in [0.5, 0.6) is 0 Å². The Hall–Kier alpha value is 0.210. The third-order valence-electron chi connectivity index (χ3n) is 1.43. The van der Waals surface area contributed by atoms with Crippen molar-refractivity contribution in [3.63, 3.8) is 0 Å². The second-order valence-corrected chi connectivity index (χ2v) is 3.86. The van der Waals surface area contributed by atoms with E-state index in [0.717, 1.165) is 17.4 Å². The van der Waals surface area contributed by atoms with Crippen molar-refractivity contribution in [1.82, 2.24) is 0 Å². The van der Waals surface area contributed by atoms with E-state index in [0.29, 0.717) is 0 Å². The van der Waals surface area contributed by atoms with Gasteiger partial charge in [-0.3, -0.25) is 4.99 Å². The number of nitrogens with zero attached hydrogens (tertiary/aromatic N) is 2. The number of rotatable bonds is 5. The summed E-state index contributed by atoms with van der Waals surface area (Å²) in [5, 5.41) is 0. The average molecular weight is 229 g/mol. The van der Waals surface area contributed by atoms with Crippen molar-refractivity contribution in [2.45, 2.75) is 19.8 Å². The van der Waals surface area contributed by atoms with E-state index in [1.165, 1.54) is 13.0 Å². The van der Waals surface area contributed by atoms with Crippen LogP contribution in [0.1, 0.15) is 19.8 Å². The van der Waals surface area contributed by atoms with E-state index in [1.807, 2.05) is 6.21 Å². The molecule has 2 nitrogen and oxygen atoms in total. The second-order valence-electron chi connectivity index (χ2n) is 3.86. The van der Waals surface area contributed by atoms with Crippen LogP contribution >= 0.6 is 12.4 Å². The molecule has 0 atom stereocenters. The summed E-state index contributed by atoms with van der Waals surface area (Å²) >= 11 is 0. The Morgan fingerprint density at radius 1 is 1.23 bits per heavy atom. The van der Waals surface area contributed by atoms with Crippen molar-refractivity contribution in [3.8, 4) is 0 Å². The van der Waals surface area contributed by atoms with Gasteiger partial charge in [0.2, 0.25) is 0 Å². The molecular formula is C9H22Cl2N2. The van der Waals surface area contributed by atoms with Crippen LogP contribution in [0.25, 0.3) is 0 Å². The highest BCUT2D eigenvalue weighted by atomic mass is 35.5. The quantitative estimate of drug-likeness (QED) is 0.325. The fourth-order valence-electron chi connectivity index (χ4n) is 0.857. The first-order valence-corrected chi connectivity index (χ1v) is 4.35. The van der Waals surface area contributed by atoms with Gasteiger partial charge in [-0.15, -0.1) is 12.4 Å². The van der Waals surface area contributed by atoms with Crippen LogP contribution in [0.15, 0.2) is 4.99 Å². The molecule has 0 saturated heterocycles. The lowest BCUT2D eigenvalue weighted by atomic mass is 10.4. The number of quaternary nitrogens is 1. The van der Waals surface area contributed by atoms with Gasteiger partial charge >= 0.3 is 0 Å². The number of halogens is 2. The van der Waals surface area contributed by atoms with Crippen LogP contribution < -0.4 is 12.4 Å². The zero-order chi connectivity index (χ0) is 8.74. The maximum absolute atomic E-state index is 4.26. The average Bonchev–Trinajstić information content (AvgIpc) is 1.85. The molecule has 0 unspecified atom stereocenters. The largest absolute Gasteiger partial charge is 1.00 e. The summed E-state index contributed by atoms with van der Waals surface area (Å²) in [6.07, 6.45) is 4.25. The molecular weight excluding hydrogens is 207 g/mol. The molecule has 0 bridgehead atoms. The number of aliphatic imine (C=N–C) groups is 1. The molecule has 0 amide bonds. The normalized spacial score (nSPS) is 10.8. The molecule has 0 aromatic rings. The Kier molecular flexibility index (Phi) is 15.0. The summed E-state index contributed by atoms with van der Waals surface area (Å²) in [7, 11) is 6.64. The van der Waals surface area contributed by atoms with Crippen LogP contribution in [0.2, 0.25) is 0 Å². The molecule has 0 aromatic heterocycles. The minimum absolute atomic E-state index is 0. The van der Waals surface area contributed by atoms with Gasteiger partial charge < -0.3 is 16.9 Å². The highest BCUT2D eigenvalue weighted by Crippen LogP contribution is 1.93. The number of hydrogen-bond donors (Lipinski definition) is 0. The van der Waals surface area contributed by atoms with Crippen molar-refractivity contribution < 1.29 is 16.9 Å². The minimum Gasteiger partial charge on any atom is -1.00 e. The van der Waals surface area contributed by atoms with Crippen LogP contribution in [-0.4, -0.2) is 44.9 Å². The van der Waals surface area contributed by atoms with Gasteiger partial charge in [0.25, 0.3) is 0 Å². The van der Waals surface area contributed by atoms with Crippen LogP contribution in [0, 0.1) is 0 Å². The first-order chi connectivity index (χ1) is 5.06. The second kappa shape index (κ2) is 10.3. The zero-order valence-corrected chi connectivity index (χ0v) is 10.7. The molecule has 0 rings (SSSR count). The van der Waals surface area contributed by atoms with Gasteiger partial charge in [-0.05, 0) is 12.6 Å². The van der Waals surface area contributed by atoms with Gasteiger partial charge in [-0.2, -0.15) is 0 Å². The van der Waals surface area contributed by atoms with Gasteiger partial charge in [0.05, 0.1) is 27.7 Å². The SMILES string of the molecule is CCC=NCCC[N+](C)(C)C.Cl.[Cl-]. The molecule has 82 valence electrons. The predicted octanol–water partition coefficient (Wildman–Crippen LogP) is -1.01. The molecule has 0 saturated carbocycles. The lowest BCUT2D eigenvalue weighted by molar-refractivity contribution is -0.870. The van der Waals surface area contributed by atoms with Gasteiger partial charge in [0, 0.05) is 13.0 Å². The Bertz CT molecular complexity index is 119. The lowest BCUT2D eigenvalue weighted by Gasteiger charge is -2.23. The van der Waals surface area contributed by atoms with Crippen LogP contribution in [0.4, 0.5) is 0 Å². The van der Waals surface area contributed by atoms with Gasteiger partial charge in [0.15, 0.2) is 0 Å². The molecule has 13 heavy (non-hydrogen) atoms. The molecule has 0 aliphatic heterocycles. The summed E-state index contributed by atoms with van der Waals surface area (Å²) < 4.78 is 1.04. The summed E-state index contributed by atoms with van der Waals surface area (Å²) in [5.74, 6) is 0. The number of hydrogen-bond acceptors (Lipinski definition) is 1. The maximum Gasteiger partial charge on any atom is 0.0798 e. The van der Waals surface area contributed by atoms with Gasteiger partial charge in [0.1, 0.15) is 0 Å². The van der Waals surface area contributed by atoms with Crippen molar-refractivity contribution >= 4 is 18.6 Å². The third kappa shape index (κ3) is 18.9. The molecule has 0 heterocycles. The van der Waals surface area contributed by atoms with E-state index in [9.17, 15) is 0 Å². The van der Waals surface area contributed by atoms with Crippen molar-refractivity contribution in [2.24, 2.45) is 4.99 Å². The Morgan fingerprint density at radius 2 is 1.77 bits per heavy atom. The van der Waals surface area contributed by atoms with Crippen LogP contribution in [-0.2, 0) is 0 Å². The van der Waals surface area contributed by atoms with Gasteiger partial charge in [-0.25, -0.2) is 0 Å². The Balaban J connectivity index is -0.000000500. The third-order valence-corrected chi connectivity index (χ3v) is 1.43. The van der Waals surface area contributed by atoms with Crippen molar-refractivity contribution in [3.05, 3.63) is 0 Å². The van der Waals surface area contributed by atoms with Gasteiger partial charge in [-0.1, -0.05) is 6.92 Å². The molecule has 0 spiro atoms. The Labute approximate surface area is 94.8 Å². The highest BCUT2D eigenvalue weighted by Gasteiger charge is 2.03. The molecule has 0 radical (unpaired) electrons. The van der Waals surface area contributed by atoms with Crippen molar-refractivity contribution in [2.75, 3.05) is 34.2 Å². The predicted molar refractivity (Wildman–Crippen MR) is 58.4 cm³/mol. The van der Waals surface area contributed by atoms with Crippen molar-refractivity contribution in [1.29, 1.82) is 0 Å². The van der Waals surface area contributed by atoms with E-state index in [4.69, 9.17) is 0 Å². The summed E-state index contributed by atoms with van der Waals surface area (Å²) in [6, 6.07) is 0. The molecule has 0 aliphatic carbocycles. The first-order valence-electron chi connectivity index (χ1n) is 4.35. The fourth-order valence-corrected chi connectivity index (χ4v) is 0.857. The summed E-state index contributed by atoms with van der Waals surface area (Å²) in [6.45, 7) is 4.31. The Morgan fingerprint density at radius 3 is 2.15 bits per heavy atom. The molecule has 0 fully saturated rings. The van der Waals surface area contributed by atoms with Crippen LogP contribution in [0.3, 0.4) is 0 Å². The molecule has 4 heteroatoms. The van der Waals surface area contributed by atoms with E-state index < -0.39 is 0 Å². The highest BCUT2D eigenvalue weighted by molar-refractivity contribution is 5.85. The topological polar surface area (TPSA) is 12.4 Å². The van der Waals surface area contributed by atoms with E-state index >= 15 is 0 Å². The summed E-state index contributed by atoms with van der Waals surface area (Å²) in [4.78, 5) is 4.26. The minimum atomic E-state index is 0. The maximum atomic E-state index is 4.26. The first kappa shape index (κ1) is 18.9. The smallest absolute Gasteiger partial charge is 0.0798 e. The van der Waals surface area contributed by atoms with E-state index in [1.54, 1.807) is 0 Å². The molecule has 0 N–H and O–H groups in total. The lowest BCUT2D eigenvalue weighted by Crippen LogP contribution is -3.00. The monoisotopic (exact) mass is 228 g/mol. The van der Waals surface area contributed by atoms with E-state index in [-0.39, 0.29) is 24.8 Å².